The highest BCUT2D eigenvalue weighted by atomic mass is 79.9. The van der Waals surface area contributed by atoms with E-state index in [0.29, 0.717) is 45.5 Å². The normalized spacial score (nSPS) is 10.3. The zero-order chi connectivity index (χ0) is 27.7. The van der Waals surface area contributed by atoms with Gasteiger partial charge in [-0.1, -0.05) is 55.1 Å². The molecule has 0 unspecified atom stereocenters. The highest BCUT2D eigenvalue weighted by Gasteiger charge is 2.14. The van der Waals surface area contributed by atoms with Crippen molar-refractivity contribution < 1.29 is 19.1 Å². The molecule has 0 saturated carbocycles. The van der Waals surface area contributed by atoms with Gasteiger partial charge in [0.05, 0.1) is 23.3 Å². The van der Waals surface area contributed by atoms with Crippen LogP contribution in [-0.2, 0) is 0 Å². The minimum Gasteiger partial charge on any atom is -0.494 e. The lowest BCUT2D eigenvalue weighted by Crippen LogP contribution is -2.02. The van der Waals surface area contributed by atoms with Gasteiger partial charge < -0.3 is 9.47 Å². The highest BCUT2D eigenvalue weighted by Crippen LogP contribution is 2.26. The van der Waals surface area contributed by atoms with Gasteiger partial charge in [0, 0.05) is 31.2 Å². The minimum absolute atomic E-state index is 0.102. The lowest BCUT2D eigenvalue weighted by atomic mass is 10.0. The molecule has 0 aliphatic rings. The Hall–Kier alpha value is -2.64. The second-order valence-corrected chi connectivity index (χ2v) is 10.5. The maximum absolute atomic E-state index is 12.3. The lowest BCUT2D eigenvalue weighted by molar-refractivity contribution is 0.103. The van der Waals surface area contributed by atoms with E-state index in [9.17, 15) is 9.59 Å². The summed E-state index contributed by atoms with van der Waals surface area (Å²) in [6.45, 7) is 5.04. The molecule has 0 spiro atoms. The van der Waals surface area contributed by atoms with Crippen LogP contribution in [0.3, 0.4) is 0 Å². The van der Waals surface area contributed by atoms with E-state index in [0.717, 1.165) is 20.4 Å². The maximum Gasteiger partial charge on any atom is 0.194 e. The van der Waals surface area contributed by atoms with Crippen LogP contribution in [0.5, 0.6) is 11.5 Å². The molecule has 4 nitrogen and oxygen atoms in total. The van der Waals surface area contributed by atoms with Crippen molar-refractivity contribution in [3.8, 4) is 11.5 Å². The minimum atomic E-state index is -0.102. The Balaban J connectivity index is 0.000000211. The van der Waals surface area contributed by atoms with Crippen LogP contribution in [0.25, 0.3) is 0 Å². The van der Waals surface area contributed by atoms with Gasteiger partial charge in [0.25, 0.3) is 0 Å². The van der Waals surface area contributed by atoms with Crippen LogP contribution < -0.4 is 9.47 Å². The van der Waals surface area contributed by atoms with E-state index in [1.54, 1.807) is 84.9 Å². The van der Waals surface area contributed by atoms with Crippen LogP contribution in [-0.4, -0.2) is 24.8 Å². The monoisotopic (exact) mass is 676 g/mol. The standard InChI is InChI=1S/2C15H12BrClO2/c2*1-2-19-12-6-3-10(4-7-12)15(18)13-9-11(16)5-8-14(13)17/h2*3-9H,2H2,1H3. The molecule has 4 aromatic carbocycles. The molecule has 0 fully saturated rings. The van der Waals surface area contributed by atoms with E-state index in [2.05, 4.69) is 31.9 Å². The molecule has 0 aliphatic heterocycles. The van der Waals surface area contributed by atoms with Crippen molar-refractivity contribution in [2.24, 2.45) is 0 Å². The SMILES string of the molecule is CCOc1ccc(C(=O)c2cc(Br)ccc2Cl)cc1.CCOc1ccc(C(=O)c2cc(Br)ccc2Cl)cc1. The highest BCUT2D eigenvalue weighted by molar-refractivity contribution is 9.10. The number of benzene rings is 4. The number of carbonyl (C=O) groups excluding carboxylic acids is 2. The Morgan fingerprint density at radius 2 is 0.947 bits per heavy atom. The van der Waals surface area contributed by atoms with Gasteiger partial charge in [-0.3, -0.25) is 9.59 Å². The first-order valence-electron chi connectivity index (χ1n) is 11.7. The summed E-state index contributed by atoms with van der Waals surface area (Å²) < 4.78 is 12.3. The fourth-order valence-electron chi connectivity index (χ4n) is 3.39. The van der Waals surface area contributed by atoms with E-state index in [1.165, 1.54) is 0 Å². The molecule has 0 heterocycles. The van der Waals surface area contributed by atoms with Crippen LogP contribution in [0.2, 0.25) is 10.0 Å². The molecule has 4 aromatic rings. The lowest BCUT2D eigenvalue weighted by Gasteiger charge is -2.06. The van der Waals surface area contributed by atoms with E-state index in [4.69, 9.17) is 32.7 Å². The Morgan fingerprint density at radius 1 is 0.605 bits per heavy atom. The summed E-state index contributed by atoms with van der Waals surface area (Å²) in [5, 5.41) is 0.893. The van der Waals surface area contributed by atoms with Crippen LogP contribution >= 0.6 is 55.1 Å². The van der Waals surface area contributed by atoms with Crippen LogP contribution in [0.1, 0.15) is 45.7 Å². The average Bonchev–Trinajstić information content (AvgIpc) is 2.92. The number of carbonyl (C=O) groups is 2. The fraction of sp³-hybridized carbons (Fsp3) is 0.133. The van der Waals surface area contributed by atoms with Crippen molar-refractivity contribution in [1.82, 2.24) is 0 Å². The van der Waals surface area contributed by atoms with E-state index >= 15 is 0 Å². The zero-order valence-electron chi connectivity index (χ0n) is 20.6. The third-order valence-electron chi connectivity index (χ3n) is 5.20. The van der Waals surface area contributed by atoms with E-state index < -0.39 is 0 Å². The predicted octanol–water partition coefficient (Wildman–Crippen LogP) is 9.46. The first kappa shape index (κ1) is 29.9. The molecule has 0 N–H and O–H groups in total. The first-order valence-corrected chi connectivity index (χ1v) is 14.0. The van der Waals surface area contributed by atoms with Crippen LogP contribution in [0, 0.1) is 0 Å². The summed E-state index contributed by atoms with van der Waals surface area (Å²) in [4.78, 5) is 24.7. The molecule has 0 bridgehead atoms. The molecule has 0 amide bonds. The maximum atomic E-state index is 12.3. The van der Waals surface area contributed by atoms with Gasteiger partial charge in [-0.05, 0) is 98.8 Å². The number of ketones is 2. The summed E-state index contributed by atoms with van der Waals surface area (Å²) in [6, 6.07) is 24.5. The van der Waals surface area contributed by atoms with Crippen molar-refractivity contribution in [2.45, 2.75) is 13.8 Å². The van der Waals surface area contributed by atoms with Gasteiger partial charge in [0.2, 0.25) is 0 Å². The van der Waals surface area contributed by atoms with Crippen molar-refractivity contribution >= 4 is 66.6 Å². The quantitative estimate of drug-likeness (QED) is 0.174. The smallest absolute Gasteiger partial charge is 0.194 e. The summed E-state index contributed by atoms with van der Waals surface area (Å²) >= 11 is 18.8. The Bertz CT molecular complexity index is 1300. The Morgan fingerprint density at radius 3 is 1.26 bits per heavy atom. The molecule has 0 aliphatic carbocycles. The summed E-state index contributed by atoms with van der Waals surface area (Å²) in [5.41, 5.74) is 2.15. The summed E-state index contributed by atoms with van der Waals surface area (Å²) in [6.07, 6.45) is 0. The van der Waals surface area contributed by atoms with Crippen molar-refractivity contribution in [3.05, 3.63) is 126 Å². The van der Waals surface area contributed by atoms with Gasteiger partial charge in [-0.15, -0.1) is 0 Å². The first-order chi connectivity index (χ1) is 18.2. The zero-order valence-corrected chi connectivity index (χ0v) is 25.3. The van der Waals surface area contributed by atoms with Gasteiger partial charge >= 0.3 is 0 Å². The summed E-state index contributed by atoms with van der Waals surface area (Å²) in [7, 11) is 0. The van der Waals surface area contributed by atoms with Crippen LogP contribution in [0.4, 0.5) is 0 Å². The summed E-state index contributed by atoms with van der Waals surface area (Å²) in [5.74, 6) is 1.29. The number of halogens is 4. The third kappa shape index (κ3) is 8.18. The molecule has 196 valence electrons. The Kier molecular flexibility index (Phi) is 11.4. The molecule has 0 radical (unpaired) electrons. The predicted molar refractivity (Wildman–Crippen MR) is 160 cm³/mol. The molecule has 4 rings (SSSR count). The molecule has 0 aromatic heterocycles. The second-order valence-electron chi connectivity index (χ2n) is 7.82. The van der Waals surface area contributed by atoms with Gasteiger partial charge in [-0.25, -0.2) is 0 Å². The van der Waals surface area contributed by atoms with E-state index in [-0.39, 0.29) is 11.6 Å². The van der Waals surface area contributed by atoms with Crippen molar-refractivity contribution in [3.63, 3.8) is 0 Å². The second kappa shape index (κ2) is 14.5. The van der Waals surface area contributed by atoms with Gasteiger partial charge in [-0.2, -0.15) is 0 Å². The largest absolute Gasteiger partial charge is 0.494 e. The molecule has 8 heteroatoms. The number of hydrogen-bond acceptors (Lipinski definition) is 4. The fourth-order valence-corrected chi connectivity index (χ4v) is 4.52. The number of hydrogen-bond donors (Lipinski definition) is 0. The molecule has 0 atom stereocenters. The molecule has 38 heavy (non-hydrogen) atoms. The number of rotatable bonds is 8. The molecular formula is C30H24Br2Cl2O4. The van der Waals surface area contributed by atoms with Gasteiger partial charge in [0.1, 0.15) is 11.5 Å². The molecule has 0 saturated heterocycles. The average molecular weight is 679 g/mol. The van der Waals surface area contributed by atoms with Crippen molar-refractivity contribution in [2.75, 3.05) is 13.2 Å². The van der Waals surface area contributed by atoms with Crippen LogP contribution in [0.15, 0.2) is 93.9 Å². The number of ether oxygens (including phenoxy) is 2. The third-order valence-corrected chi connectivity index (χ3v) is 6.85. The Labute approximate surface area is 249 Å². The topological polar surface area (TPSA) is 52.6 Å². The van der Waals surface area contributed by atoms with E-state index in [1.807, 2.05) is 13.8 Å². The van der Waals surface area contributed by atoms with Gasteiger partial charge in [0.15, 0.2) is 11.6 Å². The molecular weight excluding hydrogens is 655 g/mol. The van der Waals surface area contributed by atoms with Crippen molar-refractivity contribution in [1.29, 1.82) is 0 Å².